The number of nitrogens with zero attached hydrogens (tertiary/aromatic N) is 1. The zero-order valence-electron chi connectivity index (χ0n) is 10.0. The first kappa shape index (κ1) is 11.1. The third-order valence-corrected chi connectivity index (χ3v) is 2.31. The zero-order chi connectivity index (χ0) is 11.6. The summed E-state index contributed by atoms with van der Waals surface area (Å²) in [6, 6.07) is 12.2. The summed E-state index contributed by atoms with van der Waals surface area (Å²) in [5.41, 5.74) is 1.89. The van der Waals surface area contributed by atoms with Crippen molar-refractivity contribution >= 4 is 10.9 Å². The van der Waals surface area contributed by atoms with Gasteiger partial charge in [-0.25, -0.2) is 0 Å². The monoisotopic (exact) mass is 215 g/mol. The highest BCUT2D eigenvalue weighted by atomic mass is 16.5. The highest BCUT2D eigenvalue weighted by Gasteiger charge is 2.10. The lowest BCUT2D eigenvalue weighted by Crippen LogP contribution is -2.19. The van der Waals surface area contributed by atoms with Crippen LogP contribution in [0.5, 0.6) is 0 Å². The summed E-state index contributed by atoms with van der Waals surface area (Å²) in [4.78, 5) is 4.55. The maximum Gasteiger partial charge on any atom is 0.0895 e. The summed E-state index contributed by atoms with van der Waals surface area (Å²) in [5, 5.41) is 1.17. The van der Waals surface area contributed by atoms with Gasteiger partial charge in [-0.3, -0.25) is 4.98 Å². The van der Waals surface area contributed by atoms with E-state index in [-0.39, 0.29) is 5.60 Å². The minimum Gasteiger partial charge on any atom is -0.370 e. The number of ether oxygens (including phenoxy) is 1. The van der Waals surface area contributed by atoms with Crippen LogP contribution < -0.4 is 0 Å². The number of pyridine rings is 1. The normalized spacial score (nSPS) is 11.9. The van der Waals surface area contributed by atoms with Crippen LogP contribution in [0.2, 0.25) is 0 Å². The number of rotatable bonds is 2. The van der Waals surface area contributed by atoms with Crippen molar-refractivity contribution < 1.29 is 4.74 Å². The minimum absolute atomic E-state index is 0.118. The Kier molecular flexibility index (Phi) is 2.92. The van der Waals surface area contributed by atoms with Crippen molar-refractivity contribution in [1.82, 2.24) is 4.98 Å². The van der Waals surface area contributed by atoms with Gasteiger partial charge in [0.25, 0.3) is 0 Å². The van der Waals surface area contributed by atoms with Crippen LogP contribution in [-0.2, 0) is 11.3 Å². The molecule has 0 aliphatic carbocycles. The molecule has 84 valence electrons. The van der Waals surface area contributed by atoms with Gasteiger partial charge < -0.3 is 4.74 Å². The Morgan fingerprint density at radius 2 is 1.81 bits per heavy atom. The Balaban J connectivity index is 2.20. The van der Waals surface area contributed by atoms with Gasteiger partial charge in [0.1, 0.15) is 0 Å². The molecule has 0 atom stereocenters. The van der Waals surface area contributed by atoms with Gasteiger partial charge >= 0.3 is 0 Å². The summed E-state index contributed by atoms with van der Waals surface area (Å²) < 4.78 is 5.70. The van der Waals surface area contributed by atoms with Crippen LogP contribution in [0, 0.1) is 0 Å². The van der Waals surface area contributed by atoms with E-state index >= 15 is 0 Å². The first-order valence-corrected chi connectivity index (χ1v) is 5.53. The predicted octanol–water partition coefficient (Wildman–Crippen LogP) is 3.55. The Hall–Kier alpha value is -1.41. The van der Waals surface area contributed by atoms with E-state index in [1.165, 1.54) is 5.39 Å². The van der Waals surface area contributed by atoms with Gasteiger partial charge in [0, 0.05) is 5.39 Å². The number of hydrogen-bond acceptors (Lipinski definition) is 2. The standard InChI is InChI=1S/C14H17NO/c1-14(2,3)16-10-12-9-8-11-6-4-5-7-13(11)15-12/h4-9H,10H2,1-3H3. The molecule has 1 aromatic heterocycles. The number of benzene rings is 1. The van der Waals surface area contributed by atoms with Gasteiger partial charge in [-0.1, -0.05) is 24.3 Å². The average Bonchev–Trinajstić information content (AvgIpc) is 2.25. The van der Waals surface area contributed by atoms with Crippen molar-refractivity contribution in [3.05, 3.63) is 42.1 Å². The fourth-order valence-corrected chi connectivity index (χ4v) is 1.48. The molecule has 0 saturated heterocycles. The third kappa shape index (κ3) is 2.80. The Bertz CT molecular complexity index is 485. The zero-order valence-corrected chi connectivity index (χ0v) is 10.0. The molecule has 0 spiro atoms. The third-order valence-electron chi connectivity index (χ3n) is 2.31. The molecular formula is C14H17NO. The van der Waals surface area contributed by atoms with Crippen LogP contribution in [0.3, 0.4) is 0 Å². The Labute approximate surface area is 96.3 Å². The quantitative estimate of drug-likeness (QED) is 0.764. The van der Waals surface area contributed by atoms with Crippen LogP contribution in [0.1, 0.15) is 26.5 Å². The summed E-state index contributed by atoms with van der Waals surface area (Å²) in [7, 11) is 0. The number of hydrogen-bond donors (Lipinski definition) is 0. The topological polar surface area (TPSA) is 22.1 Å². The molecule has 0 amide bonds. The van der Waals surface area contributed by atoms with Gasteiger partial charge in [0.15, 0.2) is 0 Å². The molecule has 1 heterocycles. The van der Waals surface area contributed by atoms with Gasteiger partial charge in [0.05, 0.1) is 23.4 Å². The van der Waals surface area contributed by atoms with Crippen molar-refractivity contribution in [2.75, 3.05) is 0 Å². The molecule has 0 N–H and O–H groups in total. The molecule has 0 saturated carbocycles. The Morgan fingerprint density at radius 3 is 2.56 bits per heavy atom. The molecule has 1 aromatic carbocycles. The van der Waals surface area contributed by atoms with Crippen LogP contribution in [0.4, 0.5) is 0 Å². The van der Waals surface area contributed by atoms with Crippen molar-refractivity contribution in [1.29, 1.82) is 0 Å². The molecule has 0 unspecified atom stereocenters. The maximum absolute atomic E-state index is 5.70. The second-order valence-electron chi connectivity index (χ2n) is 4.90. The Morgan fingerprint density at radius 1 is 1.06 bits per heavy atom. The van der Waals surface area contributed by atoms with Crippen molar-refractivity contribution in [3.8, 4) is 0 Å². The number of aromatic nitrogens is 1. The van der Waals surface area contributed by atoms with Gasteiger partial charge in [-0.05, 0) is 32.9 Å². The predicted molar refractivity (Wildman–Crippen MR) is 66.3 cm³/mol. The molecule has 0 aliphatic rings. The van der Waals surface area contributed by atoms with Crippen LogP contribution >= 0.6 is 0 Å². The minimum atomic E-state index is -0.118. The van der Waals surface area contributed by atoms with Gasteiger partial charge in [-0.15, -0.1) is 0 Å². The SMILES string of the molecule is CC(C)(C)OCc1ccc2ccccc2n1. The molecule has 0 bridgehead atoms. The summed E-state index contributed by atoms with van der Waals surface area (Å²) in [6.07, 6.45) is 0. The number of para-hydroxylation sites is 1. The van der Waals surface area contributed by atoms with Crippen LogP contribution in [0.25, 0.3) is 10.9 Å². The lowest BCUT2D eigenvalue weighted by atomic mass is 10.2. The van der Waals surface area contributed by atoms with Crippen molar-refractivity contribution in [2.45, 2.75) is 33.0 Å². The maximum atomic E-state index is 5.70. The largest absolute Gasteiger partial charge is 0.370 e. The molecule has 0 aliphatic heterocycles. The molecular weight excluding hydrogens is 198 g/mol. The second kappa shape index (κ2) is 4.22. The van der Waals surface area contributed by atoms with E-state index in [0.29, 0.717) is 6.61 Å². The summed E-state index contributed by atoms with van der Waals surface area (Å²) in [5.74, 6) is 0. The van der Waals surface area contributed by atoms with E-state index < -0.39 is 0 Å². The molecule has 2 aromatic rings. The number of fused-ring (bicyclic) bond motifs is 1. The van der Waals surface area contributed by atoms with E-state index in [1.54, 1.807) is 0 Å². The highest BCUT2D eigenvalue weighted by Crippen LogP contribution is 2.14. The van der Waals surface area contributed by atoms with E-state index in [4.69, 9.17) is 4.74 Å². The van der Waals surface area contributed by atoms with Crippen LogP contribution in [-0.4, -0.2) is 10.6 Å². The van der Waals surface area contributed by atoms with E-state index in [2.05, 4.69) is 17.1 Å². The smallest absolute Gasteiger partial charge is 0.0895 e. The van der Waals surface area contributed by atoms with Gasteiger partial charge in [-0.2, -0.15) is 0 Å². The van der Waals surface area contributed by atoms with E-state index in [1.807, 2.05) is 45.0 Å². The molecule has 16 heavy (non-hydrogen) atoms. The highest BCUT2D eigenvalue weighted by molar-refractivity contribution is 5.78. The fourth-order valence-electron chi connectivity index (χ4n) is 1.48. The molecule has 0 fully saturated rings. The molecule has 2 rings (SSSR count). The fraction of sp³-hybridized carbons (Fsp3) is 0.357. The van der Waals surface area contributed by atoms with E-state index in [9.17, 15) is 0 Å². The van der Waals surface area contributed by atoms with Gasteiger partial charge in [0.2, 0.25) is 0 Å². The second-order valence-corrected chi connectivity index (χ2v) is 4.90. The lowest BCUT2D eigenvalue weighted by Gasteiger charge is -2.19. The molecule has 0 radical (unpaired) electrons. The summed E-state index contributed by atoms with van der Waals surface area (Å²) in [6.45, 7) is 6.71. The first-order valence-electron chi connectivity index (χ1n) is 5.53. The summed E-state index contributed by atoms with van der Waals surface area (Å²) >= 11 is 0. The van der Waals surface area contributed by atoms with Crippen LogP contribution in [0.15, 0.2) is 36.4 Å². The van der Waals surface area contributed by atoms with Crippen molar-refractivity contribution in [2.24, 2.45) is 0 Å². The molecule has 2 heteroatoms. The van der Waals surface area contributed by atoms with Crippen molar-refractivity contribution in [3.63, 3.8) is 0 Å². The average molecular weight is 215 g/mol. The molecule has 2 nitrogen and oxygen atoms in total. The lowest BCUT2D eigenvalue weighted by molar-refractivity contribution is -0.0163. The van der Waals surface area contributed by atoms with E-state index in [0.717, 1.165) is 11.2 Å². The first-order chi connectivity index (χ1) is 7.54.